The highest BCUT2D eigenvalue weighted by atomic mass is 79.9. The molecule has 1 atom stereocenters. The summed E-state index contributed by atoms with van der Waals surface area (Å²) in [5.74, 6) is 0. The molecule has 8 heteroatoms. The topological polar surface area (TPSA) is 72.2 Å². The molecule has 0 aliphatic carbocycles. The van der Waals surface area contributed by atoms with E-state index < -0.39 is 15.6 Å². The monoisotopic (exact) mass is 442 g/mol. The maximum Gasteiger partial charge on any atom is 0.242 e. The zero-order chi connectivity index (χ0) is 15.7. The summed E-state index contributed by atoms with van der Waals surface area (Å²) < 4.78 is 28.8. The molecule has 0 heterocycles. The van der Waals surface area contributed by atoms with Gasteiger partial charge in [0.25, 0.3) is 0 Å². The normalized spacial score (nSPS) is 14.8. The number of thiocarbonyl (C=S) groups is 1. The molecule has 0 aliphatic heterocycles. The van der Waals surface area contributed by atoms with E-state index >= 15 is 0 Å². The average Bonchev–Trinajstić information content (AvgIpc) is 2.32. The highest BCUT2D eigenvalue weighted by molar-refractivity contribution is 9.11. The molecular weight excluding hydrogens is 428 g/mol. The maximum absolute atomic E-state index is 12.5. The summed E-state index contributed by atoms with van der Waals surface area (Å²) in [6, 6.07) is 3.29. The third-order valence-corrected chi connectivity index (χ3v) is 6.97. The molecule has 3 N–H and O–H groups in total. The minimum atomic E-state index is -3.74. The molecule has 0 fully saturated rings. The molecule has 1 aromatic rings. The Hall–Kier alpha value is -0.0200. The van der Waals surface area contributed by atoms with E-state index in [2.05, 4.69) is 36.6 Å². The number of benzene rings is 1. The number of hydrogen-bond acceptors (Lipinski definition) is 3. The van der Waals surface area contributed by atoms with Crippen LogP contribution in [-0.4, -0.2) is 18.9 Å². The van der Waals surface area contributed by atoms with Gasteiger partial charge in [-0.3, -0.25) is 0 Å². The molecule has 0 amide bonds. The summed E-state index contributed by atoms with van der Waals surface area (Å²) in [6.45, 7) is 5.37. The summed E-state index contributed by atoms with van der Waals surface area (Å²) in [7, 11) is -3.74. The fourth-order valence-corrected chi connectivity index (χ4v) is 4.88. The second-order valence-corrected chi connectivity index (χ2v) is 8.49. The predicted octanol–water partition coefficient (Wildman–Crippen LogP) is 3.25. The van der Waals surface area contributed by atoms with Crippen LogP contribution in [0.1, 0.15) is 25.8 Å². The minimum Gasteiger partial charge on any atom is -0.392 e. The van der Waals surface area contributed by atoms with Gasteiger partial charge in [0.1, 0.15) is 0 Å². The molecule has 4 nitrogen and oxygen atoms in total. The number of sulfonamides is 1. The highest BCUT2D eigenvalue weighted by Gasteiger charge is 2.32. The number of rotatable bonds is 5. The van der Waals surface area contributed by atoms with Crippen molar-refractivity contribution in [3.05, 3.63) is 26.6 Å². The van der Waals surface area contributed by atoms with Gasteiger partial charge in [-0.2, -0.15) is 4.72 Å². The molecule has 0 aromatic heterocycles. The summed E-state index contributed by atoms with van der Waals surface area (Å²) >= 11 is 11.6. The van der Waals surface area contributed by atoms with Crippen molar-refractivity contribution in [2.24, 2.45) is 5.73 Å². The standard InChI is InChI=1S/C12H16Br2N2O2S2/c1-4-12(3,11(15)19)16-20(17,18)10-6-8(13)7(2)5-9(10)14/h5-6,16H,4H2,1-3H3,(H2,15,19). The van der Waals surface area contributed by atoms with Crippen molar-refractivity contribution in [1.82, 2.24) is 4.72 Å². The van der Waals surface area contributed by atoms with E-state index in [0.717, 1.165) is 10.0 Å². The SMILES string of the molecule is CCC(C)(NS(=O)(=O)c1cc(Br)c(C)cc1Br)C(N)=S. The van der Waals surface area contributed by atoms with Crippen LogP contribution in [-0.2, 0) is 10.0 Å². The Balaban J connectivity index is 3.32. The Morgan fingerprint density at radius 1 is 1.40 bits per heavy atom. The van der Waals surface area contributed by atoms with Gasteiger partial charge in [0, 0.05) is 8.95 Å². The zero-order valence-corrected chi connectivity index (χ0v) is 16.1. The van der Waals surface area contributed by atoms with Crippen LogP contribution in [0.25, 0.3) is 0 Å². The highest BCUT2D eigenvalue weighted by Crippen LogP contribution is 2.29. The van der Waals surface area contributed by atoms with Crippen molar-refractivity contribution >= 4 is 59.1 Å². The second-order valence-electron chi connectivity index (χ2n) is 4.69. The molecule has 0 saturated heterocycles. The van der Waals surface area contributed by atoms with Crippen LogP contribution in [0.3, 0.4) is 0 Å². The Bertz CT molecular complexity index is 647. The first-order valence-corrected chi connectivity index (χ1v) is 9.31. The predicted molar refractivity (Wildman–Crippen MR) is 92.4 cm³/mol. The molecule has 0 spiro atoms. The van der Waals surface area contributed by atoms with Crippen LogP contribution in [0.2, 0.25) is 0 Å². The van der Waals surface area contributed by atoms with Crippen molar-refractivity contribution in [2.45, 2.75) is 37.6 Å². The molecule has 0 bridgehead atoms. The van der Waals surface area contributed by atoms with Gasteiger partial charge in [0.15, 0.2) is 0 Å². The third-order valence-electron chi connectivity index (χ3n) is 3.11. The first-order valence-electron chi connectivity index (χ1n) is 5.83. The van der Waals surface area contributed by atoms with Gasteiger partial charge in [0.2, 0.25) is 10.0 Å². The fraction of sp³-hybridized carbons (Fsp3) is 0.417. The molecule has 20 heavy (non-hydrogen) atoms. The van der Waals surface area contributed by atoms with Crippen molar-refractivity contribution < 1.29 is 8.42 Å². The van der Waals surface area contributed by atoms with E-state index in [1.165, 1.54) is 0 Å². The number of nitrogens with two attached hydrogens (primary N) is 1. The van der Waals surface area contributed by atoms with Gasteiger partial charge in [-0.25, -0.2) is 8.42 Å². The van der Waals surface area contributed by atoms with Crippen LogP contribution < -0.4 is 10.5 Å². The van der Waals surface area contributed by atoms with E-state index in [4.69, 9.17) is 18.0 Å². The van der Waals surface area contributed by atoms with Gasteiger partial charge in [-0.1, -0.05) is 35.1 Å². The van der Waals surface area contributed by atoms with Crippen molar-refractivity contribution in [1.29, 1.82) is 0 Å². The molecule has 1 rings (SSSR count). The number of hydrogen-bond donors (Lipinski definition) is 2. The molecule has 1 aromatic carbocycles. The van der Waals surface area contributed by atoms with Crippen LogP contribution in [0, 0.1) is 6.92 Å². The second kappa shape index (κ2) is 6.39. The summed E-state index contributed by atoms with van der Waals surface area (Å²) in [5.41, 5.74) is 5.62. The van der Waals surface area contributed by atoms with Gasteiger partial charge in [0.05, 0.1) is 15.4 Å². The van der Waals surface area contributed by atoms with Crippen LogP contribution in [0.15, 0.2) is 26.0 Å². The summed E-state index contributed by atoms with van der Waals surface area (Å²) in [6.07, 6.45) is 0.464. The average molecular weight is 444 g/mol. The van der Waals surface area contributed by atoms with E-state index in [-0.39, 0.29) is 9.88 Å². The Morgan fingerprint density at radius 2 is 1.95 bits per heavy atom. The molecule has 0 radical (unpaired) electrons. The lowest BCUT2D eigenvalue weighted by atomic mass is 10.0. The van der Waals surface area contributed by atoms with E-state index in [0.29, 0.717) is 10.9 Å². The lowest BCUT2D eigenvalue weighted by Gasteiger charge is -2.28. The van der Waals surface area contributed by atoms with Gasteiger partial charge in [-0.05, 0) is 53.9 Å². The van der Waals surface area contributed by atoms with E-state index in [1.807, 2.05) is 13.8 Å². The quantitative estimate of drug-likeness (QED) is 0.685. The zero-order valence-electron chi connectivity index (χ0n) is 11.3. The Labute approximate surface area is 141 Å². The number of nitrogens with one attached hydrogen (secondary N) is 1. The lowest BCUT2D eigenvalue weighted by molar-refractivity contribution is 0.511. The number of halogens is 2. The molecular formula is C12H16Br2N2O2S2. The largest absolute Gasteiger partial charge is 0.392 e. The first-order chi connectivity index (χ1) is 9.03. The summed E-state index contributed by atoms with van der Waals surface area (Å²) in [4.78, 5) is 0.261. The molecule has 112 valence electrons. The summed E-state index contributed by atoms with van der Waals surface area (Å²) in [5, 5.41) is 0. The maximum atomic E-state index is 12.5. The molecule has 0 saturated carbocycles. The minimum absolute atomic E-state index is 0.117. The van der Waals surface area contributed by atoms with Gasteiger partial charge < -0.3 is 5.73 Å². The first kappa shape index (κ1) is 18.0. The van der Waals surface area contributed by atoms with Crippen molar-refractivity contribution in [3.63, 3.8) is 0 Å². The lowest BCUT2D eigenvalue weighted by Crippen LogP contribution is -2.53. The van der Waals surface area contributed by atoms with Crippen molar-refractivity contribution in [2.75, 3.05) is 0 Å². The molecule has 1 unspecified atom stereocenters. The fourth-order valence-electron chi connectivity index (χ4n) is 1.48. The van der Waals surface area contributed by atoms with Crippen molar-refractivity contribution in [3.8, 4) is 0 Å². The smallest absolute Gasteiger partial charge is 0.242 e. The number of aryl methyl sites for hydroxylation is 1. The van der Waals surface area contributed by atoms with Crippen LogP contribution in [0.4, 0.5) is 0 Å². The molecule has 0 aliphatic rings. The Kier molecular flexibility index (Phi) is 5.76. The van der Waals surface area contributed by atoms with Crippen LogP contribution in [0.5, 0.6) is 0 Å². The van der Waals surface area contributed by atoms with Crippen LogP contribution >= 0.6 is 44.1 Å². The van der Waals surface area contributed by atoms with Gasteiger partial charge >= 0.3 is 0 Å². The van der Waals surface area contributed by atoms with E-state index in [9.17, 15) is 8.42 Å². The van der Waals surface area contributed by atoms with E-state index in [1.54, 1.807) is 19.1 Å². The Morgan fingerprint density at radius 3 is 2.40 bits per heavy atom. The third kappa shape index (κ3) is 3.79. The van der Waals surface area contributed by atoms with Gasteiger partial charge in [-0.15, -0.1) is 0 Å².